The van der Waals surface area contributed by atoms with Crippen molar-refractivity contribution < 1.29 is 14.6 Å². The minimum absolute atomic E-state index is 0.0315. The number of aromatic carboxylic acids is 1. The van der Waals surface area contributed by atoms with Gasteiger partial charge in [-0.15, -0.1) is 5.10 Å². The smallest absolute Gasteiger partial charge is 0.335 e. The summed E-state index contributed by atoms with van der Waals surface area (Å²) in [6.45, 7) is 7.27. The van der Waals surface area contributed by atoms with Gasteiger partial charge in [-0.05, 0) is 31.0 Å². The summed E-state index contributed by atoms with van der Waals surface area (Å²) in [6, 6.07) is 4.86. The van der Waals surface area contributed by atoms with Gasteiger partial charge in [-0.2, -0.15) is 0 Å². The van der Waals surface area contributed by atoms with Gasteiger partial charge in [-0.3, -0.25) is 0 Å². The Morgan fingerprint density at radius 2 is 2.20 bits per heavy atom. The molecule has 0 spiro atoms. The Labute approximate surface area is 117 Å². The van der Waals surface area contributed by atoms with Gasteiger partial charge in [0.2, 0.25) is 0 Å². The molecule has 0 aliphatic carbocycles. The molecule has 1 unspecified atom stereocenters. The molecule has 2 rings (SSSR count). The number of carboxylic acids is 1. The SMILES string of the molecule is CCOCC(C(C)C)n1nnc2ccc(C(=O)O)cc21. The number of hydrogen-bond acceptors (Lipinski definition) is 4. The van der Waals surface area contributed by atoms with Gasteiger partial charge in [-0.25, -0.2) is 9.48 Å². The number of benzene rings is 1. The van der Waals surface area contributed by atoms with Crippen molar-refractivity contribution in [2.24, 2.45) is 5.92 Å². The van der Waals surface area contributed by atoms with E-state index in [4.69, 9.17) is 9.84 Å². The molecular weight excluding hydrogens is 258 g/mol. The third-order valence-electron chi connectivity index (χ3n) is 3.29. The lowest BCUT2D eigenvalue weighted by Gasteiger charge is -2.21. The maximum atomic E-state index is 11.1. The Hall–Kier alpha value is -1.95. The summed E-state index contributed by atoms with van der Waals surface area (Å²) >= 11 is 0. The summed E-state index contributed by atoms with van der Waals surface area (Å²) in [4.78, 5) is 11.1. The van der Waals surface area contributed by atoms with Crippen LogP contribution < -0.4 is 0 Å². The van der Waals surface area contributed by atoms with E-state index in [1.165, 1.54) is 6.07 Å². The van der Waals surface area contributed by atoms with E-state index in [2.05, 4.69) is 24.2 Å². The molecule has 0 aliphatic heterocycles. The molecule has 1 aromatic heterocycles. The summed E-state index contributed by atoms with van der Waals surface area (Å²) < 4.78 is 7.27. The van der Waals surface area contributed by atoms with Gasteiger partial charge in [0.1, 0.15) is 5.52 Å². The van der Waals surface area contributed by atoms with Crippen molar-refractivity contribution in [3.63, 3.8) is 0 Å². The molecule has 2 aromatic rings. The van der Waals surface area contributed by atoms with Crippen LogP contribution >= 0.6 is 0 Å². The van der Waals surface area contributed by atoms with E-state index in [1.807, 2.05) is 6.92 Å². The second kappa shape index (κ2) is 6.00. The van der Waals surface area contributed by atoms with Gasteiger partial charge in [-0.1, -0.05) is 19.1 Å². The first-order valence-electron chi connectivity index (χ1n) is 6.70. The minimum Gasteiger partial charge on any atom is -0.478 e. The van der Waals surface area contributed by atoms with E-state index < -0.39 is 5.97 Å². The maximum Gasteiger partial charge on any atom is 0.335 e. The molecule has 0 amide bonds. The fourth-order valence-electron chi connectivity index (χ4n) is 2.10. The second-order valence-electron chi connectivity index (χ2n) is 5.01. The van der Waals surface area contributed by atoms with Gasteiger partial charge >= 0.3 is 5.97 Å². The van der Waals surface area contributed by atoms with E-state index >= 15 is 0 Å². The number of carboxylic acid groups (broad SMARTS) is 1. The quantitative estimate of drug-likeness (QED) is 0.877. The number of hydrogen-bond donors (Lipinski definition) is 1. The van der Waals surface area contributed by atoms with Gasteiger partial charge in [0, 0.05) is 6.61 Å². The first-order valence-corrected chi connectivity index (χ1v) is 6.70. The molecule has 0 radical (unpaired) electrons. The predicted octanol–water partition coefficient (Wildman–Crippen LogP) is 2.36. The Bertz CT molecular complexity index is 607. The Morgan fingerprint density at radius 3 is 2.80 bits per heavy atom. The number of ether oxygens (including phenoxy) is 1. The summed E-state index contributed by atoms with van der Waals surface area (Å²) in [5.74, 6) is -0.648. The first kappa shape index (κ1) is 14.5. The Balaban J connectivity index is 2.45. The maximum absolute atomic E-state index is 11.1. The standard InChI is InChI=1S/C14H19N3O3/c1-4-20-8-13(9(2)3)17-12-7-10(14(18)19)5-6-11(12)15-16-17/h5-7,9,13H,4,8H2,1-3H3,(H,18,19). The van der Waals surface area contributed by atoms with E-state index in [-0.39, 0.29) is 11.6 Å². The van der Waals surface area contributed by atoms with Crippen LogP contribution in [-0.2, 0) is 4.74 Å². The van der Waals surface area contributed by atoms with Crippen molar-refractivity contribution in [3.8, 4) is 0 Å². The van der Waals surface area contributed by atoms with Gasteiger partial charge in [0.15, 0.2) is 0 Å². The van der Waals surface area contributed by atoms with Crippen LogP contribution in [0.25, 0.3) is 11.0 Å². The van der Waals surface area contributed by atoms with Gasteiger partial charge < -0.3 is 9.84 Å². The summed E-state index contributed by atoms with van der Waals surface area (Å²) in [6.07, 6.45) is 0. The van der Waals surface area contributed by atoms with Crippen LogP contribution in [0.3, 0.4) is 0 Å². The van der Waals surface area contributed by atoms with Crippen molar-refractivity contribution in [2.45, 2.75) is 26.8 Å². The van der Waals surface area contributed by atoms with Crippen LogP contribution in [0.4, 0.5) is 0 Å². The molecule has 0 saturated carbocycles. The molecule has 0 fully saturated rings. The topological polar surface area (TPSA) is 77.2 Å². The van der Waals surface area contributed by atoms with Crippen LogP contribution in [0.15, 0.2) is 18.2 Å². The van der Waals surface area contributed by atoms with Crippen molar-refractivity contribution in [1.29, 1.82) is 0 Å². The molecule has 1 N–H and O–H groups in total. The van der Waals surface area contributed by atoms with Crippen molar-refractivity contribution in [2.75, 3.05) is 13.2 Å². The number of fused-ring (bicyclic) bond motifs is 1. The zero-order valence-electron chi connectivity index (χ0n) is 11.9. The average molecular weight is 277 g/mol. The van der Waals surface area contributed by atoms with Gasteiger partial charge in [0.25, 0.3) is 0 Å². The monoisotopic (exact) mass is 277 g/mol. The highest BCUT2D eigenvalue weighted by Crippen LogP contribution is 2.23. The van der Waals surface area contributed by atoms with Gasteiger partial charge in [0.05, 0.1) is 23.7 Å². The summed E-state index contributed by atoms with van der Waals surface area (Å²) in [5.41, 5.74) is 1.65. The van der Waals surface area contributed by atoms with Crippen molar-refractivity contribution >= 4 is 17.0 Å². The van der Waals surface area contributed by atoms with E-state index in [0.717, 1.165) is 5.52 Å². The fraction of sp³-hybridized carbons (Fsp3) is 0.500. The van der Waals surface area contributed by atoms with Crippen molar-refractivity contribution in [1.82, 2.24) is 15.0 Å². The molecular formula is C14H19N3O3. The predicted molar refractivity (Wildman–Crippen MR) is 74.9 cm³/mol. The lowest BCUT2D eigenvalue weighted by Crippen LogP contribution is -2.22. The molecule has 0 saturated heterocycles. The minimum atomic E-state index is -0.953. The molecule has 1 aromatic carbocycles. The molecule has 1 heterocycles. The van der Waals surface area contributed by atoms with Crippen LogP contribution in [0, 0.1) is 5.92 Å². The molecule has 0 bridgehead atoms. The number of rotatable bonds is 6. The fourth-order valence-corrected chi connectivity index (χ4v) is 2.10. The molecule has 1 atom stereocenters. The first-order chi connectivity index (χ1) is 9.54. The molecule has 20 heavy (non-hydrogen) atoms. The summed E-state index contributed by atoms with van der Waals surface area (Å²) in [7, 11) is 0. The highest BCUT2D eigenvalue weighted by atomic mass is 16.5. The van der Waals surface area contributed by atoms with Crippen LogP contribution in [-0.4, -0.2) is 39.3 Å². The van der Waals surface area contributed by atoms with Crippen molar-refractivity contribution in [3.05, 3.63) is 23.8 Å². The highest BCUT2D eigenvalue weighted by molar-refractivity contribution is 5.92. The third-order valence-corrected chi connectivity index (χ3v) is 3.29. The van der Waals surface area contributed by atoms with E-state index in [0.29, 0.717) is 24.6 Å². The van der Waals surface area contributed by atoms with E-state index in [1.54, 1.807) is 16.8 Å². The number of nitrogens with zero attached hydrogens (tertiary/aromatic N) is 3. The van der Waals surface area contributed by atoms with E-state index in [9.17, 15) is 4.79 Å². The number of carbonyl (C=O) groups is 1. The second-order valence-corrected chi connectivity index (χ2v) is 5.01. The Kier molecular flexibility index (Phi) is 4.34. The van der Waals surface area contributed by atoms with Crippen LogP contribution in [0.2, 0.25) is 0 Å². The largest absolute Gasteiger partial charge is 0.478 e. The number of aromatic nitrogens is 3. The molecule has 6 nitrogen and oxygen atoms in total. The molecule has 0 aliphatic rings. The zero-order chi connectivity index (χ0) is 14.7. The zero-order valence-corrected chi connectivity index (χ0v) is 11.9. The third kappa shape index (κ3) is 2.80. The Morgan fingerprint density at radius 1 is 1.45 bits per heavy atom. The molecule has 108 valence electrons. The lowest BCUT2D eigenvalue weighted by molar-refractivity contribution is 0.0697. The highest BCUT2D eigenvalue weighted by Gasteiger charge is 2.20. The molecule has 6 heteroatoms. The van der Waals surface area contributed by atoms with Crippen LogP contribution in [0.5, 0.6) is 0 Å². The normalized spacial score (nSPS) is 13.0. The lowest BCUT2D eigenvalue weighted by atomic mass is 10.1. The summed E-state index contributed by atoms with van der Waals surface area (Å²) in [5, 5.41) is 17.3. The van der Waals surface area contributed by atoms with Crippen LogP contribution in [0.1, 0.15) is 37.2 Å². The average Bonchev–Trinajstić information content (AvgIpc) is 2.82.